The molecule has 0 bridgehead atoms. The lowest BCUT2D eigenvalue weighted by Crippen LogP contribution is -2.10. The minimum atomic E-state index is -0.368. The van der Waals surface area contributed by atoms with Gasteiger partial charge in [-0.3, -0.25) is 9.59 Å². The number of benzene rings is 3. The van der Waals surface area contributed by atoms with Gasteiger partial charge in [0, 0.05) is 19.8 Å². The van der Waals surface area contributed by atoms with Crippen LogP contribution in [0.3, 0.4) is 0 Å². The summed E-state index contributed by atoms with van der Waals surface area (Å²) in [5.74, 6) is 1.70. The third-order valence-electron chi connectivity index (χ3n) is 6.14. The number of hydrogen-bond donors (Lipinski definition) is 0. The summed E-state index contributed by atoms with van der Waals surface area (Å²) in [4.78, 5) is 23.3. The first-order valence-corrected chi connectivity index (χ1v) is 11.9. The van der Waals surface area contributed by atoms with Gasteiger partial charge < -0.3 is 23.7 Å². The van der Waals surface area contributed by atoms with E-state index in [-0.39, 0.29) is 17.9 Å². The van der Waals surface area contributed by atoms with Crippen molar-refractivity contribution in [2.75, 3.05) is 21.3 Å². The molecule has 3 rings (SSSR count). The van der Waals surface area contributed by atoms with Crippen LogP contribution in [0.2, 0.25) is 0 Å². The molecule has 0 aliphatic carbocycles. The average molecular weight is 507 g/mol. The van der Waals surface area contributed by atoms with E-state index in [1.807, 2.05) is 64.1 Å². The molecule has 0 aliphatic heterocycles. The topological polar surface area (TPSA) is 80.3 Å². The molecular formula is C30H34O7. The fourth-order valence-electron chi connectivity index (χ4n) is 4.76. The van der Waals surface area contributed by atoms with Gasteiger partial charge in [0.2, 0.25) is 5.75 Å². The minimum absolute atomic E-state index is 0.249. The fourth-order valence-corrected chi connectivity index (χ4v) is 4.76. The minimum Gasteiger partial charge on any atom is -0.493 e. The van der Waals surface area contributed by atoms with E-state index in [0.717, 1.165) is 38.9 Å². The van der Waals surface area contributed by atoms with Gasteiger partial charge >= 0.3 is 11.9 Å². The highest BCUT2D eigenvalue weighted by atomic mass is 16.5. The van der Waals surface area contributed by atoms with Crippen LogP contribution in [-0.2, 0) is 9.59 Å². The predicted octanol–water partition coefficient (Wildman–Crippen LogP) is 5.98. The SMILES string of the molecule is COc1cc(C(c2cc(C)c(OC(C)=O)c(C)c2)c2cc(C)c(OC(C)=O)c(C)c2)cc(OC)c1OC. The Labute approximate surface area is 218 Å². The first-order valence-electron chi connectivity index (χ1n) is 11.9. The first kappa shape index (κ1) is 27.6. The Bertz CT molecular complexity index is 1200. The summed E-state index contributed by atoms with van der Waals surface area (Å²) in [6, 6.07) is 11.9. The summed E-state index contributed by atoms with van der Waals surface area (Å²) in [6.07, 6.45) is 0. The standard InChI is InChI=1S/C30H34O7/c1-16-10-22(11-17(2)28(16)36-20(5)31)27(23-12-18(3)29(19(4)13-23)37-21(6)32)24-14-25(33-7)30(35-9)26(15-24)34-8/h10-15,27H,1-9H3. The fraction of sp³-hybridized carbons (Fsp3) is 0.333. The van der Waals surface area contributed by atoms with Crippen molar-refractivity contribution in [3.8, 4) is 28.7 Å². The van der Waals surface area contributed by atoms with Gasteiger partial charge in [-0.15, -0.1) is 0 Å². The van der Waals surface area contributed by atoms with E-state index in [2.05, 4.69) is 0 Å². The maximum Gasteiger partial charge on any atom is 0.308 e. The third kappa shape index (κ3) is 5.88. The zero-order valence-corrected chi connectivity index (χ0v) is 22.9. The molecule has 0 heterocycles. The van der Waals surface area contributed by atoms with Crippen LogP contribution in [0.25, 0.3) is 0 Å². The Morgan fingerprint density at radius 3 is 1.14 bits per heavy atom. The molecule has 0 atom stereocenters. The summed E-state index contributed by atoms with van der Waals surface area (Å²) < 4.78 is 27.8. The van der Waals surface area contributed by atoms with E-state index >= 15 is 0 Å². The lowest BCUT2D eigenvalue weighted by Gasteiger charge is -2.24. The van der Waals surface area contributed by atoms with E-state index in [9.17, 15) is 9.59 Å². The molecule has 3 aromatic carbocycles. The molecule has 0 saturated heterocycles. The highest BCUT2D eigenvalue weighted by Gasteiger charge is 2.25. The number of rotatable bonds is 8. The molecule has 3 aromatic rings. The molecule has 0 N–H and O–H groups in total. The van der Waals surface area contributed by atoms with Crippen molar-refractivity contribution in [2.24, 2.45) is 0 Å². The number of carbonyl (C=O) groups excluding carboxylic acids is 2. The van der Waals surface area contributed by atoms with Gasteiger partial charge in [0.25, 0.3) is 0 Å². The Morgan fingerprint density at radius 1 is 0.541 bits per heavy atom. The number of methoxy groups -OCH3 is 3. The highest BCUT2D eigenvalue weighted by molar-refractivity contribution is 5.71. The van der Waals surface area contributed by atoms with Crippen molar-refractivity contribution in [1.82, 2.24) is 0 Å². The van der Waals surface area contributed by atoms with Crippen molar-refractivity contribution < 1.29 is 33.3 Å². The van der Waals surface area contributed by atoms with E-state index in [0.29, 0.717) is 28.7 Å². The predicted molar refractivity (Wildman–Crippen MR) is 141 cm³/mol. The molecule has 0 unspecified atom stereocenters. The summed E-state index contributed by atoms with van der Waals surface area (Å²) in [6.45, 7) is 10.5. The highest BCUT2D eigenvalue weighted by Crippen LogP contribution is 2.45. The Kier molecular flexibility index (Phi) is 8.48. The molecule has 0 spiro atoms. The average Bonchev–Trinajstić information content (AvgIpc) is 2.83. The Morgan fingerprint density at radius 2 is 0.865 bits per heavy atom. The number of hydrogen-bond acceptors (Lipinski definition) is 7. The smallest absolute Gasteiger partial charge is 0.308 e. The molecule has 7 nitrogen and oxygen atoms in total. The van der Waals surface area contributed by atoms with Crippen molar-refractivity contribution in [3.05, 3.63) is 75.3 Å². The van der Waals surface area contributed by atoms with Gasteiger partial charge in [-0.2, -0.15) is 0 Å². The molecule has 37 heavy (non-hydrogen) atoms. The van der Waals surface area contributed by atoms with Crippen molar-refractivity contribution >= 4 is 11.9 Å². The summed E-state index contributed by atoms with van der Waals surface area (Å²) in [7, 11) is 4.74. The van der Waals surface area contributed by atoms with Crippen LogP contribution in [0, 0.1) is 27.7 Å². The van der Waals surface area contributed by atoms with Crippen LogP contribution in [-0.4, -0.2) is 33.3 Å². The largest absolute Gasteiger partial charge is 0.493 e. The number of ether oxygens (including phenoxy) is 5. The van der Waals surface area contributed by atoms with Crippen LogP contribution in [0.5, 0.6) is 28.7 Å². The Balaban J connectivity index is 2.33. The van der Waals surface area contributed by atoms with Crippen molar-refractivity contribution in [3.63, 3.8) is 0 Å². The van der Waals surface area contributed by atoms with Gasteiger partial charge in [0.1, 0.15) is 11.5 Å². The van der Waals surface area contributed by atoms with Gasteiger partial charge in [0.05, 0.1) is 21.3 Å². The number of carbonyl (C=O) groups is 2. The van der Waals surface area contributed by atoms with Gasteiger partial charge in [-0.05, 0) is 78.8 Å². The van der Waals surface area contributed by atoms with E-state index in [1.54, 1.807) is 21.3 Å². The molecule has 0 fully saturated rings. The second kappa shape index (κ2) is 11.4. The molecule has 0 saturated carbocycles. The van der Waals surface area contributed by atoms with Gasteiger partial charge in [0.15, 0.2) is 11.5 Å². The zero-order valence-electron chi connectivity index (χ0n) is 22.9. The normalized spacial score (nSPS) is 10.8. The maximum absolute atomic E-state index is 11.7. The lowest BCUT2D eigenvalue weighted by molar-refractivity contribution is -0.132. The molecule has 0 amide bonds. The molecule has 0 aromatic heterocycles. The van der Waals surface area contributed by atoms with E-state index in [4.69, 9.17) is 23.7 Å². The van der Waals surface area contributed by atoms with Crippen LogP contribution in [0.1, 0.15) is 58.7 Å². The Hall–Kier alpha value is -4.00. The zero-order chi connectivity index (χ0) is 27.4. The monoisotopic (exact) mass is 506 g/mol. The second-order valence-corrected chi connectivity index (χ2v) is 9.05. The number of aryl methyl sites for hydroxylation is 4. The molecular weight excluding hydrogens is 472 g/mol. The second-order valence-electron chi connectivity index (χ2n) is 9.05. The van der Waals surface area contributed by atoms with Crippen LogP contribution in [0.4, 0.5) is 0 Å². The van der Waals surface area contributed by atoms with Crippen LogP contribution in [0.15, 0.2) is 36.4 Å². The molecule has 0 radical (unpaired) electrons. The third-order valence-corrected chi connectivity index (χ3v) is 6.14. The maximum atomic E-state index is 11.7. The quantitative estimate of drug-likeness (QED) is 0.211. The summed E-state index contributed by atoms with van der Waals surface area (Å²) >= 11 is 0. The van der Waals surface area contributed by atoms with Crippen LogP contribution < -0.4 is 23.7 Å². The molecule has 196 valence electrons. The summed E-state index contributed by atoms with van der Waals surface area (Å²) in [5.41, 5.74) is 6.24. The summed E-state index contributed by atoms with van der Waals surface area (Å²) in [5, 5.41) is 0. The molecule has 7 heteroatoms. The van der Waals surface area contributed by atoms with E-state index < -0.39 is 0 Å². The molecule has 0 aliphatic rings. The van der Waals surface area contributed by atoms with Crippen LogP contribution >= 0.6 is 0 Å². The van der Waals surface area contributed by atoms with Gasteiger partial charge in [-0.25, -0.2) is 0 Å². The van der Waals surface area contributed by atoms with Crippen molar-refractivity contribution in [1.29, 1.82) is 0 Å². The first-order chi connectivity index (χ1) is 17.5. The van der Waals surface area contributed by atoms with Gasteiger partial charge in [-0.1, -0.05) is 24.3 Å². The number of esters is 2. The van der Waals surface area contributed by atoms with Crippen molar-refractivity contribution in [2.45, 2.75) is 47.5 Å². The van der Waals surface area contributed by atoms with E-state index in [1.165, 1.54) is 13.8 Å². The lowest BCUT2D eigenvalue weighted by atomic mass is 9.82.